The smallest absolute Gasteiger partial charge is 0.243 e. The molecule has 6 heteroatoms. The van der Waals surface area contributed by atoms with E-state index in [1.165, 1.54) is 51.4 Å². The molecule has 1 atom stereocenters. The average Bonchev–Trinajstić information content (AvgIpc) is 3.65. The molecule has 3 aliphatic carbocycles. The highest BCUT2D eigenvalue weighted by Crippen LogP contribution is 2.36. The van der Waals surface area contributed by atoms with E-state index in [1.807, 2.05) is 18.2 Å². The topological polar surface area (TPSA) is 58.4 Å². The normalized spacial score (nSPS) is 24.7. The maximum atomic E-state index is 14.2. The van der Waals surface area contributed by atoms with Crippen molar-refractivity contribution in [1.29, 1.82) is 0 Å². The molecule has 1 aliphatic heterocycles. The minimum absolute atomic E-state index is 0.0658. The molecule has 0 spiro atoms. The molecule has 4 aliphatic rings. The molecule has 36 heavy (non-hydrogen) atoms. The number of fused-ring (bicyclic) bond motifs is 1. The third-order valence-corrected chi connectivity index (χ3v) is 9.49. The van der Waals surface area contributed by atoms with E-state index in [4.69, 9.17) is 4.98 Å². The maximum absolute atomic E-state index is 14.2. The van der Waals surface area contributed by atoms with E-state index >= 15 is 0 Å². The molecule has 2 aromatic rings. The number of nitrogens with zero attached hydrogens (tertiary/aromatic N) is 4. The number of carbonyl (C=O) groups is 2. The van der Waals surface area contributed by atoms with Crippen LogP contribution in [0.5, 0.6) is 0 Å². The number of aromatic nitrogens is 2. The average molecular weight is 491 g/mol. The lowest BCUT2D eigenvalue weighted by Crippen LogP contribution is -2.50. The molecule has 2 heterocycles. The third kappa shape index (κ3) is 4.68. The lowest BCUT2D eigenvalue weighted by Gasteiger charge is -2.42. The van der Waals surface area contributed by atoms with Gasteiger partial charge in [-0.3, -0.25) is 9.59 Å². The van der Waals surface area contributed by atoms with Gasteiger partial charge >= 0.3 is 0 Å². The van der Waals surface area contributed by atoms with E-state index in [-0.39, 0.29) is 17.7 Å². The summed E-state index contributed by atoms with van der Waals surface area (Å²) < 4.78 is 2.17. The number of rotatable bonds is 6. The van der Waals surface area contributed by atoms with E-state index in [2.05, 4.69) is 20.4 Å². The second-order valence-electron chi connectivity index (χ2n) is 11.8. The molecular formula is C30H42N4O2. The summed E-state index contributed by atoms with van der Waals surface area (Å²) in [6.07, 6.45) is 17.4. The Morgan fingerprint density at radius 2 is 1.47 bits per heavy atom. The lowest BCUT2D eigenvalue weighted by atomic mass is 9.88. The van der Waals surface area contributed by atoms with Crippen molar-refractivity contribution in [3.05, 3.63) is 30.1 Å². The van der Waals surface area contributed by atoms with E-state index < -0.39 is 0 Å². The number of likely N-dealkylation sites (tertiary alicyclic amines) is 1. The van der Waals surface area contributed by atoms with Gasteiger partial charge in [0.1, 0.15) is 12.4 Å². The number of hydrogen-bond acceptors (Lipinski definition) is 3. The predicted molar refractivity (Wildman–Crippen MR) is 142 cm³/mol. The molecule has 194 valence electrons. The number of benzene rings is 1. The standard InChI is InChI=1S/C30H42N4O2/c35-28-19-22(20-32(28)23-11-7-8-12-23)30-31-26-17-9-10-18-27(26)33(30)21-29(36)34(24-13-3-1-4-14-24)25-15-5-2-6-16-25/h9-10,17-18,22-25H,1-8,11-16,19-21H2. The summed E-state index contributed by atoms with van der Waals surface area (Å²) >= 11 is 0. The first-order chi connectivity index (χ1) is 17.7. The Hall–Kier alpha value is -2.37. The Morgan fingerprint density at radius 3 is 2.14 bits per heavy atom. The van der Waals surface area contributed by atoms with Crippen molar-refractivity contribution in [3.63, 3.8) is 0 Å². The van der Waals surface area contributed by atoms with Gasteiger partial charge in [0.05, 0.1) is 11.0 Å². The van der Waals surface area contributed by atoms with Crippen molar-refractivity contribution in [3.8, 4) is 0 Å². The maximum Gasteiger partial charge on any atom is 0.243 e. The molecular weight excluding hydrogens is 448 g/mol. The van der Waals surface area contributed by atoms with Crippen LogP contribution in [0.25, 0.3) is 11.0 Å². The Morgan fingerprint density at radius 1 is 0.861 bits per heavy atom. The molecule has 1 aromatic heterocycles. The fourth-order valence-corrected chi connectivity index (χ4v) is 7.69. The minimum atomic E-state index is 0.0658. The first-order valence-corrected chi connectivity index (χ1v) is 14.7. The highest BCUT2D eigenvalue weighted by atomic mass is 16.2. The SMILES string of the molecule is O=C1CC(c2nc3ccccc3n2CC(=O)N(C2CCCCC2)C2CCCCC2)CN1C1CCCC1. The highest BCUT2D eigenvalue weighted by molar-refractivity contribution is 5.83. The van der Waals surface area contributed by atoms with E-state index in [1.54, 1.807) is 0 Å². The molecule has 6 nitrogen and oxygen atoms in total. The lowest BCUT2D eigenvalue weighted by molar-refractivity contribution is -0.138. The van der Waals surface area contributed by atoms with Gasteiger partial charge in [-0.25, -0.2) is 4.98 Å². The van der Waals surface area contributed by atoms with Gasteiger partial charge in [-0.2, -0.15) is 0 Å². The van der Waals surface area contributed by atoms with E-state index in [0.717, 1.165) is 61.9 Å². The predicted octanol–water partition coefficient (Wildman–Crippen LogP) is 5.79. The number of imidazole rings is 1. The fraction of sp³-hybridized carbons (Fsp3) is 0.700. The van der Waals surface area contributed by atoms with Crippen molar-refractivity contribution in [2.45, 2.75) is 127 Å². The Kier molecular flexibility index (Phi) is 7.03. The van der Waals surface area contributed by atoms with Crippen LogP contribution in [0, 0.1) is 0 Å². The van der Waals surface area contributed by atoms with E-state index in [0.29, 0.717) is 31.1 Å². The van der Waals surface area contributed by atoms with Gasteiger partial charge in [-0.05, 0) is 50.7 Å². The van der Waals surface area contributed by atoms with Gasteiger partial charge in [0, 0.05) is 37.0 Å². The van der Waals surface area contributed by atoms with Gasteiger partial charge in [-0.1, -0.05) is 63.5 Å². The van der Waals surface area contributed by atoms with Crippen LogP contribution in [0.1, 0.15) is 108 Å². The summed E-state index contributed by atoms with van der Waals surface area (Å²) in [6, 6.07) is 9.37. The van der Waals surface area contributed by atoms with Gasteiger partial charge in [0.2, 0.25) is 11.8 Å². The zero-order valence-electron chi connectivity index (χ0n) is 21.7. The van der Waals surface area contributed by atoms with Crippen molar-refractivity contribution in [2.24, 2.45) is 0 Å². The van der Waals surface area contributed by atoms with Crippen LogP contribution >= 0.6 is 0 Å². The Bertz CT molecular complexity index is 1060. The zero-order valence-corrected chi connectivity index (χ0v) is 21.7. The zero-order chi connectivity index (χ0) is 24.5. The Labute approximate surface area is 215 Å². The first kappa shape index (κ1) is 24.0. The van der Waals surface area contributed by atoms with Crippen molar-refractivity contribution < 1.29 is 9.59 Å². The highest BCUT2D eigenvalue weighted by Gasteiger charge is 2.39. The first-order valence-electron chi connectivity index (χ1n) is 14.7. The summed E-state index contributed by atoms with van der Waals surface area (Å²) in [5, 5.41) is 0. The van der Waals surface area contributed by atoms with E-state index in [9.17, 15) is 9.59 Å². The molecule has 0 bridgehead atoms. The summed E-state index contributed by atoms with van der Waals surface area (Å²) in [7, 11) is 0. The molecule has 6 rings (SSSR count). The summed E-state index contributed by atoms with van der Waals surface area (Å²) in [4.78, 5) is 36.7. The summed E-state index contributed by atoms with van der Waals surface area (Å²) in [6.45, 7) is 1.09. The number of para-hydroxylation sites is 2. The van der Waals surface area contributed by atoms with Crippen LogP contribution in [0.4, 0.5) is 0 Å². The van der Waals surface area contributed by atoms with Crippen molar-refractivity contribution in [1.82, 2.24) is 19.4 Å². The van der Waals surface area contributed by atoms with Crippen LogP contribution < -0.4 is 0 Å². The molecule has 0 radical (unpaired) electrons. The quantitative estimate of drug-likeness (QED) is 0.515. The third-order valence-electron chi connectivity index (χ3n) is 9.49. The molecule has 1 aromatic carbocycles. The van der Waals surface area contributed by atoms with Crippen molar-refractivity contribution >= 4 is 22.8 Å². The number of carbonyl (C=O) groups excluding carboxylic acids is 2. The summed E-state index contributed by atoms with van der Waals surface area (Å²) in [5.74, 6) is 1.53. The molecule has 0 N–H and O–H groups in total. The van der Waals surface area contributed by atoms with Gasteiger partial charge in [0.15, 0.2) is 0 Å². The van der Waals surface area contributed by atoms with Gasteiger partial charge in [0.25, 0.3) is 0 Å². The van der Waals surface area contributed by atoms with Crippen LogP contribution in [-0.4, -0.2) is 55.8 Å². The molecule has 1 unspecified atom stereocenters. The molecule has 3 saturated carbocycles. The van der Waals surface area contributed by atoms with Crippen LogP contribution in [0.3, 0.4) is 0 Å². The van der Waals surface area contributed by atoms with Gasteiger partial charge < -0.3 is 14.4 Å². The molecule has 4 fully saturated rings. The van der Waals surface area contributed by atoms with Crippen LogP contribution in [0.2, 0.25) is 0 Å². The van der Waals surface area contributed by atoms with Crippen molar-refractivity contribution in [2.75, 3.05) is 6.54 Å². The monoisotopic (exact) mass is 490 g/mol. The van der Waals surface area contributed by atoms with Crippen LogP contribution in [0.15, 0.2) is 24.3 Å². The number of hydrogen-bond donors (Lipinski definition) is 0. The molecule has 1 saturated heterocycles. The second kappa shape index (κ2) is 10.5. The minimum Gasteiger partial charge on any atom is -0.339 e. The summed E-state index contributed by atoms with van der Waals surface area (Å²) in [5.41, 5.74) is 1.97. The fourth-order valence-electron chi connectivity index (χ4n) is 7.69. The second-order valence-corrected chi connectivity index (χ2v) is 11.8. The number of amides is 2. The Balaban J connectivity index is 1.29. The van der Waals surface area contributed by atoms with Crippen LogP contribution in [-0.2, 0) is 16.1 Å². The van der Waals surface area contributed by atoms with Gasteiger partial charge in [-0.15, -0.1) is 0 Å². The molecule has 2 amide bonds. The largest absolute Gasteiger partial charge is 0.339 e.